The number of amides is 1. The molecule has 0 spiro atoms. The lowest BCUT2D eigenvalue weighted by Crippen LogP contribution is -2.42. The monoisotopic (exact) mass is 278 g/mol. The van der Waals surface area contributed by atoms with Crippen LogP contribution in [0.3, 0.4) is 0 Å². The lowest BCUT2D eigenvalue weighted by Gasteiger charge is -2.33. The lowest BCUT2D eigenvalue weighted by atomic mass is 10.0. The normalized spacial score (nSPS) is 19.5. The van der Waals surface area contributed by atoms with Crippen LogP contribution in [0.25, 0.3) is 0 Å². The molecule has 104 valence electrons. The van der Waals surface area contributed by atoms with Crippen molar-refractivity contribution in [1.82, 2.24) is 4.90 Å². The van der Waals surface area contributed by atoms with Gasteiger partial charge in [-0.2, -0.15) is 0 Å². The second-order valence-electron chi connectivity index (χ2n) is 5.26. The molecule has 1 unspecified atom stereocenters. The highest BCUT2D eigenvalue weighted by atomic mass is 32.2. The minimum Gasteiger partial charge on any atom is -0.398 e. The average molecular weight is 278 g/mol. The molecule has 1 aromatic carbocycles. The maximum absolute atomic E-state index is 12.2. The van der Waals surface area contributed by atoms with Gasteiger partial charge in [-0.3, -0.25) is 4.79 Å². The van der Waals surface area contributed by atoms with E-state index in [1.54, 1.807) is 11.8 Å². The van der Waals surface area contributed by atoms with Gasteiger partial charge < -0.3 is 10.6 Å². The molecule has 0 saturated carbocycles. The molecule has 3 nitrogen and oxygen atoms in total. The Morgan fingerprint density at radius 1 is 1.47 bits per heavy atom. The predicted octanol–water partition coefficient (Wildman–Crippen LogP) is 3.07. The van der Waals surface area contributed by atoms with Crippen molar-refractivity contribution in [2.45, 2.75) is 44.0 Å². The van der Waals surface area contributed by atoms with Gasteiger partial charge in [-0.1, -0.05) is 6.07 Å². The Kier molecular flexibility index (Phi) is 4.75. The van der Waals surface area contributed by atoms with Gasteiger partial charge in [0.2, 0.25) is 5.91 Å². The number of benzene rings is 1. The van der Waals surface area contributed by atoms with E-state index in [1.807, 2.05) is 30.0 Å². The number of rotatable bonds is 3. The molecule has 1 fully saturated rings. The standard InChI is InChI=1S/C15H22N2OS/c1-11-6-7-13(16)14(9-11)19-10-15(18)17-8-4-3-5-12(17)2/h6-7,9,12H,3-5,8,10,16H2,1-2H3. The number of hydrogen-bond acceptors (Lipinski definition) is 3. The van der Waals surface area contributed by atoms with Gasteiger partial charge in [0.1, 0.15) is 0 Å². The Balaban J connectivity index is 1.94. The number of nitrogens with two attached hydrogens (primary N) is 1. The maximum atomic E-state index is 12.2. The van der Waals surface area contributed by atoms with E-state index in [-0.39, 0.29) is 5.91 Å². The number of carbonyl (C=O) groups is 1. The van der Waals surface area contributed by atoms with Crippen molar-refractivity contribution in [3.8, 4) is 0 Å². The smallest absolute Gasteiger partial charge is 0.233 e. The van der Waals surface area contributed by atoms with Gasteiger partial charge in [-0.25, -0.2) is 0 Å². The van der Waals surface area contributed by atoms with Crippen LogP contribution in [0.15, 0.2) is 23.1 Å². The number of carbonyl (C=O) groups excluding carboxylic acids is 1. The van der Waals surface area contributed by atoms with Crippen molar-refractivity contribution in [3.63, 3.8) is 0 Å². The zero-order valence-electron chi connectivity index (χ0n) is 11.7. The first-order valence-corrected chi connectivity index (χ1v) is 7.85. The number of anilines is 1. The lowest BCUT2D eigenvalue weighted by molar-refractivity contribution is -0.131. The molecule has 0 aliphatic carbocycles. The first-order chi connectivity index (χ1) is 9.08. The van der Waals surface area contributed by atoms with Gasteiger partial charge in [-0.05, 0) is 50.8 Å². The van der Waals surface area contributed by atoms with Crippen molar-refractivity contribution >= 4 is 23.4 Å². The fourth-order valence-corrected chi connectivity index (χ4v) is 3.41. The summed E-state index contributed by atoms with van der Waals surface area (Å²) in [5.74, 6) is 0.718. The van der Waals surface area contributed by atoms with Crippen molar-refractivity contribution < 1.29 is 4.79 Å². The molecule has 1 aliphatic rings. The van der Waals surface area contributed by atoms with Crippen LogP contribution in [0.4, 0.5) is 5.69 Å². The van der Waals surface area contributed by atoms with E-state index < -0.39 is 0 Å². The molecule has 0 aromatic heterocycles. The summed E-state index contributed by atoms with van der Waals surface area (Å²) in [6, 6.07) is 6.34. The SMILES string of the molecule is Cc1ccc(N)c(SCC(=O)N2CCCCC2C)c1. The van der Waals surface area contributed by atoms with E-state index in [2.05, 4.69) is 6.92 Å². The van der Waals surface area contributed by atoms with E-state index in [0.29, 0.717) is 11.8 Å². The Morgan fingerprint density at radius 3 is 3.00 bits per heavy atom. The third-order valence-corrected chi connectivity index (χ3v) is 4.70. The fourth-order valence-electron chi connectivity index (χ4n) is 2.46. The largest absolute Gasteiger partial charge is 0.398 e. The van der Waals surface area contributed by atoms with Gasteiger partial charge in [0, 0.05) is 23.2 Å². The van der Waals surface area contributed by atoms with Crippen molar-refractivity contribution in [3.05, 3.63) is 23.8 Å². The molecular weight excluding hydrogens is 256 g/mol. The molecule has 1 aromatic rings. The average Bonchev–Trinajstić information content (AvgIpc) is 2.40. The number of nitrogens with zero attached hydrogens (tertiary/aromatic N) is 1. The fraction of sp³-hybridized carbons (Fsp3) is 0.533. The first kappa shape index (κ1) is 14.3. The minimum absolute atomic E-state index is 0.234. The van der Waals surface area contributed by atoms with E-state index in [1.165, 1.54) is 12.0 Å². The first-order valence-electron chi connectivity index (χ1n) is 6.86. The molecule has 4 heteroatoms. The van der Waals surface area contributed by atoms with E-state index in [0.717, 1.165) is 30.0 Å². The summed E-state index contributed by atoms with van der Waals surface area (Å²) in [5.41, 5.74) is 7.87. The molecule has 0 radical (unpaired) electrons. The van der Waals surface area contributed by atoms with Crippen molar-refractivity contribution in [1.29, 1.82) is 0 Å². The summed E-state index contributed by atoms with van der Waals surface area (Å²) in [6.07, 6.45) is 3.50. The van der Waals surface area contributed by atoms with Crippen LogP contribution in [0.1, 0.15) is 31.7 Å². The number of aryl methyl sites for hydroxylation is 1. The molecule has 1 atom stereocenters. The van der Waals surface area contributed by atoms with Crippen molar-refractivity contribution in [2.24, 2.45) is 0 Å². The number of hydrogen-bond donors (Lipinski definition) is 1. The minimum atomic E-state index is 0.234. The third-order valence-electron chi connectivity index (χ3n) is 3.64. The number of nitrogen functional groups attached to an aromatic ring is 1. The summed E-state index contributed by atoms with van der Waals surface area (Å²) in [5, 5.41) is 0. The van der Waals surface area contributed by atoms with Crippen molar-refractivity contribution in [2.75, 3.05) is 18.0 Å². The van der Waals surface area contributed by atoms with Crippen LogP contribution >= 0.6 is 11.8 Å². The highest BCUT2D eigenvalue weighted by Gasteiger charge is 2.22. The summed E-state index contributed by atoms with van der Waals surface area (Å²) in [6.45, 7) is 5.09. The van der Waals surface area contributed by atoms with Crippen LogP contribution < -0.4 is 5.73 Å². The molecule has 1 saturated heterocycles. The summed E-state index contributed by atoms with van der Waals surface area (Å²) >= 11 is 1.55. The van der Waals surface area contributed by atoms with Gasteiger partial charge in [0.25, 0.3) is 0 Å². The number of piperidine rings is 1. The molecule has 2 rings (SSSR count). The molecule has 1 aliphatic heterocycles. The van der Waals surface area contributed by atoms with Gasteiger partial charge in [0.15, 0.2) is 0 Å². The number of thioether (sulfide) groups is 1. The molecule has 1 amide bonds. The molecule has 19 heavy (non-hydrogen) atoms. The Morgan fingerprint density at radius 2 is 2.26 bits per heavy atom. The van der Waals surface area contributed by atoms with Crippen LogP contribution in [0.5, 0.6) is 0 Å². The Bertz CT molecular complexity index is 461. The van der Waals surface area contributed by atoms with E-state index in [4.69, 9.17) is 5.73 Å². The van der Waals surface area contributed by atoms with Crippen LogP contribution in [-0.2, 0) is 4.79 Å². The second kappa shape index (κ2) is 6.33. The van der Waals surface area contributed by atoms with Gasteiger partial charge in [0.05, 0.1) is 5.75 Å². The van der Waals surface area contributed by atoms with Crippen LogP contribution in [0.2, 0.25) is 0 Å². The maximum Gasteiger partial charge on any atom is 0.233 e. The zero-order valence-corrected chi connectivity index (χ0v) is 12.5. The highest BCUT2D eigenvalue weighted by Crippen LogP contribution is 2.27. The molecule has 1 heterocycles. The van der Waals surface area contributed by atoms with Crippen LogP contribution in [0, 0.1) is 6.92 Å². The summed E-state index contributed by atoms with van der Waals surface area (Å²) < 4.78 is 0. The Labute approximate surface area is 119 Å². The quantitative estimate of drug-likeness (QED) is 0.683. The highest BCUT2D eigenvalue weighted by molar-refractivity contribution is 8.00. The Hall–Kier alpha value is -1.16. The molecule has 2 N–H and O–H groups in total. The zero-order chi connectivity index (χ0) is 13.8. The second-order valence-corrected chi connectivity index (χ2v) is 6.28. The van der Waals surface area contributed by atoms with Gasteiger partial charge >= 0.3 is 0 Å². The van der Waals surface area contributed by atoms with Gasteiger partial charge in [-0.15, -0.1) is 11.8 Å². The summed E-state index contributed by atoms with van der Waals surface area (Å²) in [7, 11) is 0. The van der Waals surface area contributed by atoms with Crippen LogP contribution in [-0.4, -0.2) is 29.1 Å². The van der Waals surface area contributed by atoms with E-state index in [9.17, 15) is 4.79 Å². The molecule has 0 bridgehead atoms. The van der Waals surface area contributed by atoms with E-state index >= 15 is 0 Å². The predicted molar refractivity (Wildman–Crippen MR) is 81.3 cm³/mol. The third kappa shape index (κ3) is 3.66. The number of likely N-dealkylation sites (tertiary alicyclic amines) is 1. The molecular formula is C15H22N2OS. The topological polar surface area (TPSA) is 46.3 Å². The summed E-state index contributed by atoms with van der Waals surface area (Å²) in [4.78, 5) is 15.3.